The molecule has 0 radical (unpaired) electrons. The lowest BCUT2D eigenvalue weighted by atomic mass is 9.94. The molecule has 0 atom stereocenters. The van der Waals surface area contributed by atoms with E-state index in [0.29, 0.717) is 0 Å². The second kappa shape index (κ2) is 7.14. The third kappa shape index (κ3) is 3.77. The van der Waals surface area contributed by atoms with E-state index >= 15 is 0 Å². The fourth-order valence-electron chi connectivity index (χ4n) is 5.48. The van der Waals surface area contributed by atoms with E-state index < -0.39 is 32.3 Å². The molecule has 0 fully saturated rings. The molecule has 0 aliphatic carbocycles. The van der Waals surface area contributed by atoms with Crippen LogP contribution in [0, 0.1) is 0 Å². The SMILES string of the molecule is C[Si](C)(C)c1cc([Si](C)(C)C)c2ccc3c([Si](C)(C)C)cc([Si](C)(C)C)c4ccc1c2c43. The zero-order valence-electron chi connectivity index (χ0n) is 22.5. The summed E-state index contributed by atoms with van der Waals surface area (Å²) in [4.78, 5) is 0. The molecule has 4 heteroatoms. The van der Waals surface area contributed by atoms with Gasteiger partial charge in [0.05, 0.1) is 32.3 Å². The van der Waals surface area contributed by atoms with Crippen LogP contribution in [-0.4, -0.2) is 32.3 Å². The predicted octanol–water partition coefficient (Wildman–Crippen LogP) is 6.76. The Labute approximate surface area is 199 Å². The summed E-state index contributed by atoms with van der Waals surface area (Å²) in [6.45, 7) is 30.3. The van der Waals surface area contributed by atoms with Gasteiger partial charge in [-0.2, -0.15) is 0 Å². The topological polar surface area (TPSA) is 0 Å². The number of hydrogen-bond donors (Lipinski definition) is 0. The molecule has 0 nitrogen and oxygen atoms in total. The Morgan fingerprint density at radius 3 is 0.688 bits per heavy atom. The van der Waals surface area contributed by atoms with Crippen molar-refractivity contribution >= 4 is 85.4 Å². The fourth-order valence-corrected chi connectivity index (χ4v) is 12.1. The molecule has 0 spiro atoms. The molecule has 4 aromatic carbocycles. The summed E-state index contributed by atoms with van der Waals surface area (Å²) >= 11 is 0. The Bertz CT molecular complexity index is 1140. The van der Waals surface area contributed by atoms with Gasteiger partial charge in [0.1, 0.15) is 0 Å². The second-order valence-corrected chi connectivity index (χ2v) is 34.2. The van der Waals surface area contributed by atoms with E-state index in [0.717, 1.165) is 0 Å². The predicted molar refractivity (Wildman–Crippen MR) is 162 cm³/mol. The van der Waals surface area contributed by atoms with Crippen molar-refractivity contribution in [2.45, 2.75) is 78.6 Å². The Balaban J connectivity index is 2.39. The van der Waals surface area contributed by atoms with E-state index in [2.05, 4.69) is 115 Å². The van der Waals surface area contributed by atoms with Crippen molar-refractivity contribution in [3.63, 3.8) is 0 Å². The lowest BCUT2D eigenvalue weighted by molar-refractivity contribution is 1.70. The van der Waals surface area contributed by atoms with Crippen LogP contribution in [0.5, 0.6) is 0 Å². The number of rotatable bonds is 4. The van der Waals surface area contributed by atoms with Gasteiger partial charge < -0.3 is 0 Å². The van der Waals surface area contributed by atoms with Gasteiger partial charge in [0.2, 0.25) is 0 Å². The monoisotopic (exact) mass is 490 g/mol. The summed E-state index contributed by atoms with van der Waals surface area (Å²) in [6, 6.07) is 15.2. The van der Waals surface area contributed by atoms with Crippen LogP contribution >= 0.6 is 0 Å². The quantitative estimate of drug-likeness (QED) is 0.219. The van der Waals surface area contributed by atoms with Crippen molar-refractivity contribution in [1.29, 1.82) is 0 Å². The Hall–Kier alpha value is -1.21. The van der Waals surface area contributed by atoms with Crippen LogP contribution in [0.15, 0.2) is 36.4 Å². The summed E-state index contributed by atoms with van der Waals surface area (Å²) in [5.74, 6) is 0. The fraction of sp³-hybridized carbons (Fsp3) is 0.429. The van der Waals surface area contributed by atoms with E-state index in [4.69, 9.17) is 0 Å². The molecule has 0 saturated heterocycles. The molecule has 0 aliphatic rings. The summed E-state index contributed by atoms with van der Waals surface area (Å²) in [5.41, 5.74) is 0. The average Bonchev–Trinajstić information content (AvgIpc) is 2.61. The van der Waals surface area contributed by atoms with Gasteiger partial charge in [-0.1, -0.05) is 136 Å². The first-order chi connectivity index (χ1) is 14.4. The van der Waals surface area contributed by atoms with E-state index in [1.54, 1.807) is 31.5 Å². The highest BCUT2D eigenvalue weighted by molar-refractivity contribution is 6.95. The lowest BCUT2D eigenvalue weighted by Gasteiger charge is -2.31. The van der Waals surface area contributed by atoms with Crippen LogP contribution in [0.1, 0.15) is 0 Å². The minimum absolute atomic E-state index is 1.50. The molecule has 170 valence electrons. The molecule has 4 aromatic rings. The summed E-state index contributed by atoms with van der Waals surface area (Å²) in [6.07, 6.45) is 0. The van der Waals surface area contributed by atoms with Gasteiger partial charge in [-0.25, -0.2) is 0 Å². The molecule has 0 amide bonds. The largest absolute Gasteiger partial charge is 0.0784 e. The minimum Gasteiger partial charge on any atom is -0.0656 e. The maximum absolute atomic E-state index is 2.64. The highest BCUT2D eigenvalue weighted by Gasteiger charge is 2.31. The lowest BCUT2D eigenvalue weighted by Crippen LogP contribution is -2.47. The third-order valence-corrected chi connectivity index (χ3v) is 15.2. The van der Waals surface area contributed by atoms with E-state index in [1.807, 2.05) is 0 Å². The van der Waals surface area contributed by atoms with Crippen molar-refractivity contribution in [2.75, 3.05) is 0 Å². The van der Waals surface area contributed by atoms with E-state index in [9.17, 15) is 0 Å². The normalized spacial score (nSPS) is 14.2. The summed E-state index contributed by atoms with van der Waals surface area (Å²) < 4.78 is 0. The van der Waals surface area contributed by atoms with E-state index in [-0.39, 0.29) is 0 Å². The van der Waals surface area contributed by atoms with Crippen molar-refractivity contribution in [2.24, 2.45) is 0 Å². The number of hydrogen-bond acceptors (Lipinski definition) is 0. The minimum atomic E-state index is -1.50. The standard InChI is InChI=1S/C28H42Si4/c1-29(2,3)23-17-24(30(4,5)6)20-15-16-22-26(32(10,11)12)18-25(31(7,8)9)21-14-13-19(23)27(20)28(21)22/h13-18H,1-12H3. The molecule has 0 saturated carbocycles. The van der Waals surface area contributed by atoms with E-state index in [1.165, 1.54) is 21.5 Å². The van der Waals surface area contributed by atoms with Crippen molar-refractivity contribution in [1.82, 2.24) is 0 Å². The van der Waals surface area contributed by atoms with Gasteiger partial charge in [0, 0.05) is 0 Å². The first-order valence-electron chi connectivity index (χ1n) is 12.2. The van der Waals surface area contributed by atoms with Crippen LogP contribution in [-0.2, 0) is 0 Å². The Morgan fingerprint density at radius 1 is 0.344 bits per heavy atom. The zero-order chi connectivity index (χ0) is 24.0. The van der Waals surface area contributed by atoms with Gasteiger partial charge in [0.25, 0.3) is 0 Å². The molecule has 32 heavy (non-hydrogen) atoms. The maximum atomic E-state index is 2.64. The molecule has 0 heterocycles. The van der Waals surface area contributed by atoms with Gasteiger partial charge in [0.15, 0.2) is 0 Å². The zero-order valence-corrected chi connectivity index (χ0v) is 26.5. The van der Waals surface area contributed by atoms with Crippen molar-refractivity contribution in [3.05, 3.63) is 36.4 Å². The molecule has 0 N–H and O–H groups in total. The van der Waals surface area contributed by atoms with Crippen LogP contribution < -0.4 is 20.7 Å². The maximum Gasteiger partial charge on any atom is 0.0784 e. The first-order valence-corrected chi connectivity index (χ1v) is 26.2. The van der Waals surface area contributed by atoms with Gasteiger partial charge in [-0.3, -0.25) is 0 Å². The first kappa shape index (κ1) is 23.9. The Kier molecular flexibility index (Phi) is 5.34. The average molecular weight is 491 g/mol. The van der Waals surface area contributed by atoms with Gasteiger partial charge in [-0.05, 0) is 32.3 Å². The van der Waals surface area contributed by atoms with Crippen LogP contribution in [0.2, 0.25) is 78.6 Å². The molecular formula is C28H42Si4. The summed E-state index contributed by atoms with van der Waals surface area (Å²) in [7, 11) is -5.99. The van der Waals surface area contributed by atoms with Gasteiger partial charge >= 0.3 is 0 Å². The number of benzene rings is 4. The highest BCUT2D eigenvalue weighted by atomic mass is 28.3. The van der Waals surface area contributed by atoms with Crippen LogP contribution in [0.25, 0.3) is 32.3 Å². The Morgan fingerprint density at radius 2 is 0.531 bits per heavy atom. The molecule has 0 unspecified atom stereocenters. The molecule has 0 aromatic heterocycles. The molecule has 4 rings (SSSR count). The van der Waals surface area contributed by atoms with Crippen molar-refractivity contribution < 1.29 is 0 Å². The molecular weight excluding hydrogens is 449 g/mol. The molecule has 0 bridgehead atoms. The molecule has 0 aliphatic heterocycles. The highest BCUT2D eigenvalue weighted by Crippen LogP contribution is 2.35. The van der Waals surface area contributed by atoms with Crippen LogP contribution in [0.3, 0.4) is 0 Å². The van der Waals surface area contributed by atoms with Gasteiger partial charge in [-0.15, -0.1) is 0 Å². The second-order valence-electron chi connectivity index (χ2n) is 14.0. The van der Waals surface area contributed by atoms with Crippen molar-refractivity contribution in [3.8, 4) is 0 Å². The van der Waals surface area contributed by atoms with Crippen LogP contribution in [0.4, 0.5) is 0 Å². The summed E-state index contributed by atoms with van der Waals surface area (Å²) in [5, 5.41) is 15.9. The smallest absolute Gasteiger partial charge is 0.0656 e. The third-order valence-electron chi connectivity index (χ3n) is 7.13.